The van der Waals surface area contributed by atoms with E-state index in [-0.39, 0.29) is 29.8 Å². The smallest absolute Gasteiger partial charge is 0.355 e. The third-order valence-corrected chi connectivity index (χ3v) is 5.41. The SMILES string of the molecule is CN(Cc1ccccc1F)C(=O)C1CCN(c2ccc3nnc(C(F)(F)F)n3n2)CC1. The Kier molecular flexibility index (Phi) is 5.50. The summed E-state index contributed by atoms with van der Waals surface area (Å²) in [6, 6.07) is 9.35. The lowest BCUT2D eigenvalue weighted by molar-refractivity contribution is -0.146. The van der Waals surface area contributed by atoms with Crippen molar-refractivity contribution in [3.8, 4) is 0 Å². The molecule has 11 heteroatoms. The minimum Gasteiger partial charge on any atom is -0.355 e. The molecule has 1 amide bonds. The molecule has 0 atom stereocenters. The van der Waals surface area contributed by atoms with Crippen LogP contribution >= 0.6 is 0 Å². The standard InChI is InChI=1S/C20H20F4N6O/c1-28(12-14-4-2-3-5-15(14)21)18(31)13-8-10-29(11-9-13)17-7-6-16-25-26-19(20(22,23)24)30(16)27-17/h2-7,13H,8-12H2,1H3. The van der Waals surface area contributed by atoms with Gasteiger partial charge in [-0.05, 0) is 31.0 Å². The van der Waals surface area contributed by atoms with E-state index in [9.17, 15) is 22.4 Å². The first-order valence-corrected chi connectivity index (χ1v) is 9.77. The van der Waals surface area contributed by atoms with Crippen LogP contribution in [0.3, 0.4) is 0 Å². The summed E-state index contributed by atoms with van der Waals surface area (Å²) in [5.41, 5.74) is 0.457. The molecule has 3 heterocycles. The summed E-state index contributed by atoms with van der Waals surface area (Å²) in [5.74, 6) is -1.49. The fraction of sp³-hybridized carbons (Fsp3) is 0.400. The first-order chi connectivity index (χ1) is 14.7. The van der Waals surface area contributed by atoms with E-state index in [2.05, 4.69) is 15.3 Å². The van der Waals surface area contributed by atoms with Crippen molar-refractivity contribution in [3.05, 3.63) is 53.6 Å². The monoisotopic (exact) mass is 436 g/mol. The van der Waals surface area contributed by atoms with Gasteiger partial charge in [0.1, 0.15) is 11.6 Å². The number of benzene rings is 1. The minimum atomic E-state index is -4.66. The van der Waals surface area contributed by atoms with Gasteiger partial charge in [-0.25, -0.2) is 4.39 Å². The Morgan fingerprint density at radius 2 is 1.84 bits per heavy atom. The molecule has 1 fully saturated rings. The highest BCUT2D eigenvalue weighted by Gasteiger charge is 2.38. The summed E-state index contributed by atoms with van der Waals surface area (Å²) in [4.78, 5) is 16.1. The van der Waals surface area contributed by atoms with Gasteiger partial charge in [0, 0.05) is 38.2 Å². The molecule has 164 valence electrons. The molecule has 1 aromatic carbocycles. The second-order valence-electron chi connectivity index (χ2n) is 7.53. The Morgan fingerprint density at radius 3 is 2.52 bits per heavy atom. The summed E-state index contributed by atoms with van der Waals surface area (Å²) >= 11 is 0. The number of fused-ring (bicyclic) bond motifs is 1. The average molecular weight is 436 g/mol. The summed E-state index contributed by atoms with van der Waals surface area (Å²) in [5, 5.41) is 10.7. The van der Waals surface area contributed by atoms with Gasteiger partial charge in [-0.2, -0.15) is 17.7 Å². The van der Waals surface area contributed by atoms with Crippen LogP contribution in [0.4, 0.5) is 23.4 Å². The normalized spacial score (nSPS) is 15.5. The van der Waals surface area contributed by atoms with Crippen molar-refractivity contribution in [1.82, 2.24) is 24.7 Å². The zero-order valence-electron chi connectivity index (χ0n) is 16.7. The van der Waals surface area contributed by atoms with Gasteiger partial charge in [0.15, 0.2) is 5.65 Å². The highest BCUT2D eigenvalue weighted by molar-refractivity contribution is 5.79. The number of hydrogen-bond donors (Lipinski definition) is 0. The molecule has 1 aliphatic rings. The first-order valence-electron chi connectivity index (χ1n) is 9.77. The second kappa shape index (κ2) is 8.12. The van der Waals surface area contributed by atoms with Crippen LogP contribution in [-0.2, 0) is 17.5 Å². The molecule has 4 rings (SSSR count). The summed E-state index contributed by atoms with van der Waals surface area (Å²) in [6.45, 7) is 1.11. The van der Waals surface area contributed by atoms with Crippen LogP contribution in [-0.4, -0.2) is 50.8 Å². The van der Waals surface area contributed by atoms with Crippen molar-refractivity contribution in [2.75, 3.05) is 25.0 Å². The Hall–Kier alpha value is -3.24. The molecule has 0 aliphatic carbocycles. The van der Waals surface area contributed by atoms with Crippen LogP contribution in [0.25, 0.3) is 5.65 Å². The van der Waals surface area contributed by atoms with Crippen LogP contribution in [0.2, 0.25) is 0 Å². The number of carbonyl (C=O) groups is 1. The van der Waals surface area contributed by atoms with E-state index in [0.29, 0.717) is 41.8 Å². The van der Waals surface area contributed by atoms with E-state index in [0.717, 1.165) is 0 Å². The Bertz CT molecular complexity index is 1090. The number of aromatic nitrogens is 4. The predicted octanol–water partition coefficient (Wildman–Crippen LogP) is 3.16. The first kappa shape index (κ1) is 21.0. The molecular weight excluding hydrogens is 416 g/mol. The number of alkyl halides is 3. The van der Waals surface area contributed by atoms with E-state index in [1.165, 1.54) is 17.0 Å². The van der Waals surface area contributed by atoms with Crippen LogP contribution in [0.15, 0.2) is 36.4 Å². The van der Waals surface area contributed by atoms with E-state index < -0.39 is 12.0 Å². The van der Waals surface area contributed by atoms with Gasteiger partial charge in [-0.15, -0.1) is 15.3 Å². The van der Waals surface area contributed by atoms with E-state index >= 15 is 0 Å². The van der Waals surface area contributed by atoms with Crippen molar-refractivity contribution in [3.63, 3.8) is 0 Å². The lowest BCUT2D eigenvalue weighted by atomic mass is 9.95. The van der Waals surface area contributed by atoms with Gasteiger partial charge in [0.25, 0.3) is 5.82 Å². The van der Waals surface area contributed by atoms with E-state index in [1.807, 2.05) is 4.90 Å². The van der Waals surface area contributed by atoms with E-state index in [4.69, 9.17) is 0 Å². The third-order valence-electron chi connectivity index (χ3n) is 5.41. The number of amides is 1. The highest BCUT2D eigenvalue weighted by Crippen LogP contribution is 2.29. The van der Waals surface area contributed by atoms with Crippen LogP contribution in [0, 0.1) is 11.7 Å². The zero-order chi connectivity index (χ0) is 22.2. The van der Waals surface area contributed by atoms with Gasteiger partial charge >= 0.3 is 6.18 Å². The summed E-state index contributed by atoms with van der Waals surface area (Å²) < 4.78 is 53.8. The molecule has 31 heavy (non-hydrogen) atoms. The number of halogens is 4. The molecular formula is C20H20F4N6O. The van der Waals surface area contributed by atoms with Crippen LogP contribution in [0.1, 0.15) is 24.2 Å². The molecule has 0 unspecified atom stereocenters. The van der Waals surface area contributed by atoms with Gasteiger partial charge in [0.2, 0.25) is 5.91 Å². The number of hydrogen-bond acceptors (Lipinski definition) is 5. The number of rotatable bonds is 4. The van der Waals surface area contributed by atoms with Gasteiger partial charge in [-0.3, -0.25) is 4.79 Å². The molecule has 0 bridgehead atoms. The van der Waals surface area contributed by atoms with Gasteiger partial charge in [0.05, 0.1) is 0 Å². The molecule has 2 aromatic heterocycles. The highest BCUT2D eigenvalue weighted by atomic mass is 19.4. The molecule has 1 aliphatic heterocycles. The maximum absolute atomic E-state index is 13.9. The topological polar surface area (TPSA) is 66.6 Å². The number of nitrogens with zero attached hydrogens (tertiary/aromatic N) is 6. The zero-order valence-corrected chi connectivity index (χ0v) is 16.7. The Morgan fingerprint density at radius 1 is 1.13 bits per heavy atom. The molecule has 1 saturated heterocycles. The molecule has 7 nitrogen and oxygen atoms in total. The van der Waals surface area contributed by atoms with Crippen molar-refractivity contribution in [2.45, 2.75) is 25.6 Å². The van der Waals surface area contributed by atoms with Crippen molar-refractivity contribution in [1.29, 1.82) is 0 Å². The summed E-state index contributed by atoms with van der Waals surface area (Å²) in [7, 11) is 1.64. The molecule has 0 radical (unpaired) electrons. The molecule has 0 N–H and O–H groups in total. The van der Waals surface area contributed by atoms with Gasteiger partial charge in [-0.1, -0.05) is 18.2 Å². The van der Waals surface area contributed by atoms with Crippen LogP contribution < -0.4 is 4.90 Å². The minimum absolute atomic E-state index is 0.0101. The largest absolute Gasteiger partial charge is 0.453 e. The molecule has 0 spiro atoms. The Labute approximate surface area is 175 Å². The maximum atomic E-state index is 13.9. The third kappa shape index (κ3) is 4.30. The predicted molar refractivity (Wildman–Crippen MR) is 104 cm³/mol. The number of anilines is 1. The lowest BCUT2D eigenvalue weighted by Crippen LogP contribution is -2.41. The fourth-order valence-corrected chi connectivity index (χ4v) is 3.75. The molecule has 3 aromatic rings. The van der Waals surface area contributed by atoms with Gasteiger partial charge < -0.3 is 9.80 Å². The average Bonchev–Trinajstić information content (AvgIpc) is 3.19. The van der Waals surface area contributed by atoms with Crippen molar-refractivity contribution >= 4 is 17.4 Å². The number of piperidine rings is 1. The quantitative estimate of drug-likeness (QED) is 0.588. The van der Waals surface area contributed by atoms with Crippen molar-refractivity contribution < 1.29 is 22.4 Å². The lowest BCUT2D eigenvalue weighted by Gasteiger charge is -2.33. The summed E-state index contributed by atoms with van der Waals surface area (Å²) in [6.07, 6.45) is -3.61. The maximum Gasteiger partial charge on any atom is 0.453 e. The second-order valence-corrected chi connectivity index (χ2v) is 7.53. The number of carbonyl (C=O) groups excluding carboxylic acids is 1. The fourth-order valence-electron chi connectivity index (χ4n) is 3.75. The van der Waals surface area contributed by atoms with E-state index in [1.54, 1.807) is 31.3 Å². The van der Waals surface area contributed by atoms with Crippen LogP contribution in [0.5, 0.6) is 0 Å². The molecule has 0 saturated carbocycles. The Balaban J connectivity index is 1.41. The van der Waals surface area contributed by atoms with Crippen molar-refractivity contribution in [2.24, 2.45) is 5.92 Å².